The summed E-state index contributed by atoms with van der Waals surface area (Å²) in [5.74, 6) is -0.432. The second-order valence-corrected chi connectivity index (χ2v) is 9.85. The summed E-state index contributed by atoms with van der Waals surface area (Å²) in [6.07, 6.45) is 1.96. The fourth-order valence-corrected chi connectivity index (χ4v) is 5.34. The number of nitrogens with one attached hydrogen (secondary N) is 2. The summed E-state index contributed by atoms with van der Waals surface area (Å²) in [7, 11) is 0. The third kappa shape index (κ3) is 5.58. The van der Waals surface area contributed by atoms with Gasteiger partial charge in [-0.05, 0) is 47.5 Å². The summed E-state index contributed by atoms with van der Waals surface area (Å²) < 4.78 is 5.69. The normalized spacial score (nSPS) is 15.9. The third-order valence-corrected chi connectivity index (χ3v) is 7.28. The van der Waals surface area contributed by atoms with E-state index in [-0.39, 0.29) is 17.9 Å². The highest BCUT2D eigenvalue weighted by Gasteiger charge is 2.34. The molecule has 0 saturated carbocycles. The highest BCUT2D eigenvalue weighted by molar-refractivity contribution is 7.10. The maximum atomic E-state index is 14.0. The Morgan fingerprint density at radius 1 is 1.00 bits per heavy atom. The van der Waals surface area contributed by atoms with Gasteiger partial charge in [-0.1, -0.05) is 66.7 Å². The van der Waals surface area contributed by atoms with Gasteiger partial charge in [0.05, 0.1) is 6.10 Å². The molecule has 2 atom stereocenters. The van der Waals surface area contributed by atoms with E-state index < -0.39 is 6.04 Å². The van der Waals surface area contributed by atoms with Crippen LogP contribution in [0.15, 0.2) is 90.3 Å². The first-order valence-electron chi connectivity index (χ1n) is 12.2. The number of H-pyrrole nitrogens is 1. The van der Waals surface area contributed by atoms with E-state index in [9.17, 15) is 9.59 Å². The molecule has 2 aromatic carbocycles. The van der Waals surface area contributed by atoms with Crippen LogP contribution >= 0.6 is 11.3 Å². The maximum Gasteiger partial charge on any atom is 0.271 e. The lowest BCUT2D eigenvalue weighted by atomic mass is 10.1. The minimum absolute atomic E-state index is 0.0213. The number of hydrogen-bond donors (Lipinski definition) is 2. The van der Waals surface area contributed by atoms with Gasteiger partial charge in [-0.3, -0.25) is 9.59 Å². The van der Waals surface area contributed by atoms with Gasteiger partial charge in [0.25, 0.3) is 5.91 Å². The van der Waals surface area contributed by atoms with E-state index in [1.807, 2.05) is 84.2 Å². The predicted molar refractivity (Wildman–Crippen MR) is 142 cm³/mol. The van der Waals surface area contributed by atoms with Crippen molar-refractivity contribution in [2.24, 2.45) is 0 Å². The second-order valence-electron chi connectivity index (χ2n) is 8.87. The summed E-state index contributed by atoms with van der Waals surface area (Å²) in [6, 6.07) is 26.4. The van der Waals surface area contributed by atoms with Crippen LogP contribution in [0.2, 0.25) is 0 Å². The summed E-state index contributed by atoms with van der Waals surface area (Å²) in [4.78, 5) is 33.4. The number of carbonyl (C=O) groups excluding carboxylic acids is 2. The summed E-state index contributed by atoms with van der Waals surface area (Å²) in [5, 5.41) is 4.99. The average molecular weight is 500 g/mol. The quantitative estimate of drug-likeness (QED) is 0.323. The van der Waals surface area contributed by atoms with Gasteiger partial charge in [0.1, 0.15) is 11.7 Å². The van der Waals surface area contributed by atoms with Crippen LogP contribution < -0.4 is 5.32 Å². The largest absolute Gasteiger partial charge is 0.376 e. The lowest BCUT2D eigenvalue weighted by molar-refractivity contribution is -0.126. The molecule has 1 aliphatic heterocycles. The molecule has 0 bridgehead atoms. The Morgan fingerprint density at radius 2 is 1.78 bits per heavy atom. The molecular formula is C29H29N3O3S. The topological polar surface area (TPSA) is 74.4 Å². The molecule has 0 radical (unpaired) electrons. The maximum absolute atomic E-state index is 14.0. The number of benzene rings is 2. The zero-order valence-electron chi connectivity index (χ0n) is 19.9. The standard InChI is InChI=1S/C29H29N3O3S/c33-28(30-19-23-13-7-17-35-23)27(26-14-8-18-36-26)32(20-21-9-3-1-4-10-21)29(34)25-16-15-24(31-25)22-11-5-2-6-12-22/h1-6,8-12,14-16,18,23,27,31H,7,13,17,19-20H2,(H,30,33)/t23-,27+/m0/s1. The molecule has 2 aromatic heterocycles. The van der Waals surface area contributed by atoms with Crippen LogP contribution in [0.3, 0.4) is 0 Å². The van der Waals surface area contributed by atoms with Crippen molar-refractivity contribution >= 4 is 23.2 Å². The van der Waals surface area contributed by atoms with Gasteiger partial charge in [-0.25, -0.2) is 0 Å². The molecule has 184 valence electrons. The zero-order chi connectivity index (χ0) is 24.7. The smallest absolute Gasteiger partial charge is 0.271 e. The highest BCUT2D eigenvalue weighted by atomic mass is 32.1. The van der Waals surface area contributed by atoms with Gasteiger partial charge >= 0.3 is 0 Å². The van der Waals surface area contributed by atoms with Crippen molar-refractivity contribution in [3.63, 3.8) is 0 Å². The van der Waals surface area contributed by atoms with Crippen LogP contribution in [0.4, 0.5) is 0 Å². The van der Waals surface area contributed by atoms with Crippen LogP contribution in [-0.2, 0) is 16.1 Å². The fourth-order valence-electron chi connectivity index (χ4n) is 4.51. The lowest BCUT2D eigenvalue weighted by Crippen LogP contribution is -2.44. The van der Waals surface area contributed by atoms with Gasteiger partial charge in [0, 0.05) is 30.3 Å². The predicted octanol–water partition coefficient (Wildman–Crippen LogP) is 5.42. The molecule has 4 aromatic rings. The first-order valence-corrected chi connectivity index (χ1v) is 13.1. The number of nitrogens with zero attached hydrogens (tertiary/aromatic N) is 1. The van der Waals surface area contributed by atoms with E-state index in [1.54, 1.807) is 11.0 Å². The number of aromatic nitrogens is 1. The van der Waals surface area contributed by atoms with Crippen molar-refractivity contribution in [3.8, 4) is 11.3 Å². The second kappa shape index (κ2) is 11.4. The van der Waals surface area contributed by atoms with Gasteiger partial charge in [-0.15, -0.1) is 11.3 Å². The molecule has 7 heteroatoms. The number of hydrogen-bond acceptors (Lipinski definition) is 4. The molecule has 2 amide bonds. The fraction of sp³-hybridized carbons (Fsp3) is 0.241. The van der Waals surface area contributed by atoms with Crippen molar-refractivity contribution in [1.29, 1.82) is 0 Å². The third-order valence-electron chi connectivity index (χ3n) is 6.36. The Hall–Kier alpha value is -3.68. The number of thiophene rings is 1. The number of amides is 2. The molecular weight excluding hydrogens is 470 g/mol. The first-order chi connectivity index (χ1) is 17.7. The van der Waals surface area contributed by atoms with Gasteiger partial charge in [-0.2, -0.15) is 0 Å². The Labute approximate surface area is 214 Å². The van der Waals surface area contributed by atoms with Crippen molar-refractivity contribution in [1.82, 2.24) is 15.2 Å². The van der Waals surface area contributed by atoms with E-state index in [2.05, 4.69) is 10.3 Å². The average Bonchev–Trinajstić information content (AvgIpc) is 3.71. The summed E-state index contributed by atoms with van der Waals surface area (Å²) >= 11 is 1.47. The first kappa shape index (κ1) is 24.0. The van der Waals surface area contributed by atoms with Crippen molar-refractivity contribution in [3.05, 3.63) is 106 Å². The molecule has 0 aliphatic carbocycles. The molecule has 0 spiro atoms. The molecule has 1 fully saturated rings. The van der Waals surface area contributed by atoms with Crippen molar-refractivity contribution < 1.29 is 14.3 Å². The van der Waals surface area contributed by atoms with Crippen LogP contribution in [0.1, 0.15) is 39.8 Å². The molecule has 5 rings (SSSR count). The van der Waals surface area contributed by atoms with E-state index in [1.165, 1.54) is 11.3 Å². The monoisotopic (exact) mass is 499 g/mol. The van der Waals surface area contributed by atoms with Crippen LogP contribution in [0.25, 0.3) is 11.3 Å². The molecule has 3 heterocycles. The van der Waals surface area contributed by atoms with Crippen LogP contribution in [0.5, 0.6) is 0 Å². The molecule has 2 N–H and O–H groups in total. The highest BCUT2D eigenvalue weighted by Crippen LogP contribution is 2.30. The molecule has 1 saturated heterocycles. The SMILES string of the molecule is O=C(NC[C@@H]1CCCO1)[C@@H](c1cccs1)N(Cc1ccccc1)C(=O)c1ccc(-c2ccccc2)[nH]1. The number of aromatic amines is 1. The van der Waals surface area contributed by atoms with Gasteiger partial charge in [0.15, 0.2) is 0 Å². The van der Waals surface area contributed by atoms with Crippen molar-refractivity contribution in [2.45, 2.75) is 31.5 Å². The minimum Gasteiger partial charge on any atom is -0.376 e. The summed E-state index contributed by atoms with van der Waals surface area (Å²) in [6.45, 7) is 1.47. The molecule has 0 unspecified atom stereocenters. The minimum atomic E-state index is -0.761. The Kier molecular flexibility index (Phi) is 7.59. The number of rotatable bonds is 9. The number of ether oxygens (including phenoxy) is 1. The summed E-state index contributed by atoms with van der Waals surface area (Å²) in [5.41, 5.74) is 3.25. The molecule has 6 nitrogen and oxygen atoms in total. The van der Waals surface area contributed by atoms with E-state index in [0.717, 1.165) is 41.1 Å². The number of carbonyl (C=O) groups is 2. The lowest BCUT2D eigenvalue weighted by Gasteiger charge is -2.30. The zero-order valence-corrected chi connectivity index (χ0v) is 20.7. The molecule has 1 aliphatic rings. The van der Waals surface area contributed by atoms with Gasteiger partial charge < -0.3 is 19.9 Å². The van der Waals surface area contributed by atoms with E-state index in [0.29, 0.717) is 18.8 Å². The van der Waals surface area contributed by atoms with Crippen LogP contribution in [0, 0.1) is 0 Å². The van der Waals surface area contributed by atoms with Crippen LogP contribution in [-0.4, -0.2) is 41.0 Å². The Bertz CT molecular complexity index is 1270. The van der Waals surface area contributed by atoms with E-state index in [4.69, 9.17) is 4.74 Å². The van der Waals surface area contributed by atoms with Crippen molar-refractivity contribution in [2.75, 3.05) is 13.2 Å². The van der Waals surface area contributed by atoms with E-state index >= 15 is 0 Å². The molecule has 36 heavy (non-hydrogen) atoms. The Morgan fingerprint density at radius 3 is 2.47 bits per heavy atom. The van der Waals surface area contributed by atoms with Gasteiger partial charge in [0.2, 0.25) is 5.91 Å². The Balaban J connectivity index is 1.46.